The number of hydrogen-bond acceptors (Lipinski definition) is 3. The summed E-state index contributed by atoms with van der Waals surface area (Å²) in [7, 11) is 0. The molecule has 2 N–H and O–H groups in total. The SMILES string of the molecule is CCOc1cccc(CCCCl)c1C(O)C(=O)O. The standard InChI is InChI=1S/C13H17ClO4/c1-2-18-10-7-3-5-9(6-4-8-14)11(10)12(15)13(16)17/h3,5,7,12,15H,2,4,6,8H2,1H3,(H,16,17). The molecule has 4 nitrogen and oxygen atoms in total. The number of carbonyl (C=O) groups is 1. The second kappa shape index (κ2) is 7.24. The number of aliphatic carboxylic acids is 1. The molecule has 100 valence electrons. The Morgan fingerprint density at radius 2 is 2.22 bits per heavy atom. The topological polar surface area (TPSA) is 66.8 Å². The van der Waals surface area contributed by atoms with Crippen molar-refractivity contribution >= 4 is 17.6 Å². The van der Waals surface area contributed by atoms with Crippen LogP contribution in [0, 0.1) is 0 Å². The van der Waals surface area contributed by atoms with Crippen molar-refractivity contribution in [2.75, 3.05) is 12.5 Å². The third-order valence-electron chi connectivity index (χ3n) is 2.54. The quantitative estimate of drug-likeness (QED) is 0.748. The monoisotopic (exact) mass is 272 g/mol. The van der Waals surface area contributed by atoms with Gasteiger partial charge >= 0.3 is 5.97 Å². The maximum atomic E-state index is 11.0. The summed E-state index contributed by atoms with van der Waals surface area (Å²) in [5.41, 5.74) is 1.09. The average Bonchev–Trinajstić information content (AvgIpc) is 2.36. The first kappa shape index (κ1) is 14.8. The van der Waals surface area contributed by atoms with Gasteiger partial charge in [0.1, 0.15) is 5.75 Å². The molecule has 1 aromatic rings. The Hall–Kier alpha value is -1.26. The number of alkyl halides is 1. The van der Waals surface area contributed by atoms with Gasteiger partial charge in [-0.15, -0.1) is 11.6 Å². The zero-order chi connectivity index (χ0) is 13.5. The van der Waals surface area contributed by atoms with E-state index in [1.54, 1.807) is 18.2 Å². The highest BCUT2D eigenvalue weighted by Crippen LogP contribution is 2.30. The van der Waals surface area contributed by atoms with E-state index in [1.165, 1.54) is 0 Å². The fourth-order valence-electron chi connectivity index (χ4n) is 1.78. The summed E-state index contributed by atoms with van der Waals surface area (Å²) in [6.45, 7) is 2.22. The van der Waals surface area contributed by atoms with Crippen LogP contribution in [0.1, 0.15) is 30.6 Å². The lowest BCUT2D eigenvalue weighted by Crippen LogP contribution is -2.15. The summed E-state index contributed by atoms with van der Waals surface area (Å²) < 4.78 is 5.37. The van der Waals surface area contributed by atoms with Gasteiger partial charge in [0, 0.05) is 11.4 Å². The molecular formula is C13H17ClO4. The maximum Gasteiger partial charge on any atom is 0.337 e. The summed E-state index contributed by atoms with van der Waals surface area (Å²) in [5.74, 6) is -0.379. The minimum Gasteiger partial charge on any atom is -0.493 e. The zero-order valence-electron chi connectivity index (χ0n) is 10.2. The fourth-order valence-corrected chi connectivity index (χ4v) is 1.91. The van der Waals surface area contributed by atoms with E-state index in [-0.39, 0.29) is 0 Å². The first-order valence-electron chi connectivity index (χ1n) is 5.83. The molecule has 1 aromatic carbocycles. The number of aliphatic hydroxyl groups is 1. The Morgan fingerprint density at radius 3 is 2.78 bits per heavy atom. The lowest BCUT2D eigenvalue weighted by atomic mass is 9.97. The minimum absolute atomic E-state index is 0.331. The Labute approximate surface area is 111 Å². The smallest absolute Gasteiger partial charge is 0.337 e. The van der Waals surface area contributed by atoms with Crippen molar-refractivity contribution in [1.29, 1.82) is 0 Å². The van der Waals surface area contributed by atoms with Crippen LogP contribution in [0.15, 0.2) is 18.2 Å². The van der Waals surface area contributed by atoms with Crippen LogP contribution >= 0.6 is 11.6 Å². The van der Waals surface area contributed by atoms with Crippen LogP contribution in [-0.4, -0.2) is 28.7 Å². The molecule has 0 amide bonds. The molecular weight excluding hydrogens is 256 g/mol. The number of carboxylic acid groups (broad SMARTS) is 1. The molecule has 0 saturated carbocycles. The highest BCUT2D eigenvalue weighted by atomic mass is 35.5. The molecule has 0 saturated heterocycles. The Morgan fingerprint density at radius 1 is 1.50 bits per heavy atom. The van der Waals surface area contributed by atoms with Crippen molar-refractivity contribution in [2.45, 2.75) is 25.9 Å². The number of hydrogen-bond donors (Lipinski definition) is 2. The van der Waals surface area contributed by atoms with Crippen LogP contribution in [0.4, 0.5) is 0 Å². The predicted octanol–water partition coefficient (Wildman–Crippen LogP) is 2.37. The van der Waals surface area contributed by atoms with Crippen molar-refractivity contribution < 1.29 is 19.7 Å². The van der Waals surface area contributed by atoms with Gasteiger partial charge in [-0.3, -0.25) is 0 Å². The van der Waals surface area contributed by atoms with Crippen molar-refractivity contribution in [3.63, 3.8) is 0 Å². The Kier molecular flexibility index (Phi) is 5.95. The molecule has 18 heavy (non-hydrogen) atoms. The van der Waals surface area contributed by atoms with E-state index >= 15 is 0 Å². The maximum absolute atomic E-state index is 11.0. The number of aliphatic hydroxyl groups excluding tert-OH is 1. The molecule has 1 rings (SSSR count). The van der Waals surface area contributed by atoms with Crippen molar-refractivity contribution in [3.8, 4) is 5.75 Å². The Bertz CT molecular complexity index is 406. The van der Waals surface area contributed by atoms with E-state index in [0.29, 0.717) is 30.2 Å². The highest BCUT2D eigenvalue weighted by molar-refractivity contribution is 6.17. The van der Waals surface area contributed by atoms with Gasteiger partial charge in [0.25, 0.3) is 0 Å². The van der Waals surface area contributed by atoms with Gasteiger partial charge in [-0.2, -0.15) is 0 Å². The van der Waals surface area contributed by atoms with Crippen LogP contribution in [0.25, 0.3) is 0 Å². The third kappa shape index (κ3) is 3.62. The van der Waals surface area contributed by atoms with Crippen LogP contribution in [0.5, 0.6) is 5.75 Å². The lowest BCUT2D eigenvalue weighted by Gasteiger charge is -2.17. The first-order chi connectivity index (χ1) is 8.61. The number of carboxylic acids is 1. The number of rotatable bonds is 7. The van der Waals surface area contributed by atoms with Gasteiger partial charge in [0.2, 0.25) is 0 Å². The van der Waals surface area contributed by atoms with Gasteiger partial charge in [0.05, 0.1) is 6.61 Å². The van der Waals surface area contributed by atoms with Crippen molar-refractivity contribution in [2.24, 2.45) is 0 Å². The average molecular weight is 273 g/mol. The second-order valence-electron chi connectivity index (χ2n) is 3.80. The van der Waals surface area contributed by atoms with Crippen LogP contribution < -0.4 is 4.74 Å². The number of halogens is 1. The summed E-state index contributed by atoms with van der Waals surface area (Å²) in [6.07, 6.45) is -0.237. The normalized spacial score (nSPS) is 12.2. The van der Waals surface area contributed by atoms with Crippen LogP contribution in [-0.2, 0) is 11.2 Å². The molecule has 0 aliphatic rings. The van der Waals surface area contributed by atoms with Crippen molar-refractivity contribution in [1.82, 2.24) is 0 Å². The largest absolute Gasteiger partial charge is 0.493 e. The molecule has 0 aliphatic carbocycles. The molecule has 1 atom stereocenters. The van der Waals surface area contributed by atoms with E-state index in [4.69, 9.17) is 21.4 Å². The predicted molar refractivity (Wildman–Crippen MR) is 69.2 cm³/mol. The third-order valence-corrected chi connectivity index (χ3v) is 2.81. The molecule has 0 radical (unpaired) electrons. The van der Waals surface area contributed by atoms with Gasteiger partial charge in [-0.25, -0.2) is 4.79 Å². The Balaban J connectivity index is 3.15. The van der Waals surface area contributed by atoms with Gasteiger partial charge in [-0.05, 0) is 31.4 Å². The molecule has 0 aliphatic heterocycles. The van der Waals surface area contributed by atoms with Crippen LogP contribution in [0.3, 0.4) is 0 Å². The number of ether oxygens (including phenoxy) is 1. The molecule has 0 aromatic heterocycles. The van der Waals surface area contributed by atoms with E-state index in [1.807, 2.05) is 6.92 Å². The van der Waals surface area contributed by atoms with Gasteiger partial charge < -0.3 is 14.9 Å². The lowest BCUT2D eigenvalue weighted by molar-refractivity contribution is -0.147. The molecule has 1 unspecified atom stereocenters. The van der Waals surface area contributed by atoms with E-state index in [2.05, 4.69) is 0 Å². The van der Waals surface area contributed by atoms with E-state index in [0.717, 1.165) is 12.0 Å². The molecule has 0 bridgehead atoms. The van der Waals surface area contributed by atoms with Gasteiger partial charge in [0.15, 0.2) is 6.10 Å². The zero-order valence-corrected chi connectivity index (χ0v) is 11.0. The molecule has 0 spiro atoms. The molecule has 0 fully saturated rings. The van der Waals surface area contributed by atoms with Crippen molar-refractivity contribution in [3.05, 3.63) is 29.3 Å². The summed E-state index contributed by atoms with van der Waals surface area (Å²) in [6, 6.07) is 5.23. The van der Waals surface area contributed by atoms with E-state index < -0.39 is 12.1 Å². The van der Waals surface area contributed by atoms with Gasteiger partial charge in [-0.1, -0.05) is 12.1 Å². The number of benzene rings is 1. The first-order valence-corrected chi connectivity index (χ1v) is 6.36. The summed E-state index contributed by atoms with van der Waals surface area (Å²) in [4.78, 5) is 11.0. The summed E-state index contributed by atoms with van der Waals surface area (Å²) in [5, 5.41) is 18.7. The second-order valence-corrected chi connectivity index (χ2v) is 4.17. The minimum atomic E-state index is -1.57. The summed E-state index contributed by atoms with van der Waals surface area (Å²) >= 11 is 5.64. The highest BCUT2D eigenvalue weighted by Gasteiger charge is 2.23. The fraction of sp³-hybridized carbons (Fsp3) is 0.462. The molecule has 5 heteroatoms. The van der Waals surface area contributed by atoms with Crippen LogP contribution in [0.2, 0.25) is 0 Å². The number of aryl methyl sites for hydroxylation is 1. The van der Waals surface area contributed by atoms with E-state index in [9.17, 15) is 9.90 Å². The molecule has 0 heterocycles.